The zero-order valence-electron chi connectivity index (χ0n) is 13.9. The molecule has 0 spiro atoms. The number of rotatable bonds is 7. The Morgan fingerprint density at radius 1 is 1.12 bits per heavy atom. The number of hydrogen-bond donors (Lipinski definition) is 1. The lowest BCUT2D eigenvalue weighted by Gasteiger charge is -2.22. The van der Waals surface area contributed by atoms with Crippen LogP contribution < -0.4 is 9.62 Å². The summed E-state index contributed by atoms with van der Waals surface area (Å²) in [6.07, 6.45) is 1.44. The smallest absolute Gasteiger partial charge is 0.232 e. The molecule has 0 saturated carbocycles. The van der Waals surface area contributed by atoms with Crippen molar-refractivity contribution in [2.24, 2.45) is 0 Å². The van der Waals surface area contributed by atoms with E-state index in [-0.39, 0.29) is 25.3 Å². The minimum absolute atomic E-state index is 0.0915. The molecule has 1 amide bonds. The summed E-state index contributed by atoms with van der Waals surface area (Å²) in [4.78, 5) is 12.0. The average Bonchev–Trinajstić information content (AvgIpc) is 2.50. The Hall–Kier alpha value is -1.83. The van der Waals surface area contributed by atoms with Crippen LogP contribution in [0.3, 0.4) is 0 Å². The minimum atomic E-state index is -3.55. The zero-order valence-corrected chi connectivity index (χ0v) is 16.2. The van der Waals surface area contributed by atoms with E-state index in [2.05, 4.69) is 5.32 Å². The predicted octanol–water partition coefficient (Wildman–Crippen LogP) is 4.32. The van der Waals surface area contributed by atoms with Gasteiger partial charge in [-0.25, -0.2) is 12.8 Å². The molecule has 2 aromatic carbocycles. The van der Waals surface area contributed by atoms with Gasteiger partial charge in [0.25, 0.3) is 0 Å². The fourth-order valence-electron chi connectivity index (χ4n) is 2.33. The molecule has 140 valence electrons. The number of nitrogens with one attached hydrogen (secondary N) is 1. The van der Waals surface area contributed by atoms with E-state index in [0.717, 1.165) is 10.6 Å². The Balaban J connectivity index is 1.96. The van der Waals surface area contributed by atoms with Gasteiger partial charge in [0.2, 0.25) is 15.9 Å². The van der Waals surface area contributed by atoms with E-state index >= 15 is 0 Å². The Morgan fingerprint density at radius 2 is 1.69 bits per heavy atom. The molecule has 5 nitrogen and oxygen atoms in total. The standard InChI is InChI=1S/C17H17Cl2FN2O3S/c1-26(24,25)22(16-6-4-14(20)5-7-16)8-2-3-17(23)21-15-10-12(18)9-13(19)11-15/h4-7,9-11H,2-3,8H2,1H3,(H,21,23). The molecule has 1 N–H and O–H groups in total. The first-order valence-corrected chi connectivity index (χ1v) is 10.2. The van der Waals surface area contributed by atoms with Gasteiger partial charge in [0.1, 0.15) is 5.82 Å². The van der Waals surface area contributed by atoms with Crippen LogP contribution in [0.15, 0.2) is 42.5 Å². The lowest BCUT2D eigenvalue weighted by Crippen LogP contribution is -2.31. The predicted molar refractivity (Wildman–Crippen MR) is 103 cm³/mol. The molecule has 0 saturated heterocycles. The van der Waals surface area contributed by atoms with Gasteiger partial charge in [0.15, 0.2) is 0 Å². The SMILES string of the molecule is CS(=O)(=O)N(CCCC(=O)Nc1cc(Cl)cc(Cl)c1)c1ccc(F)cc1. The molecule has 0 atom stereocenters. The molecule has 0 aliphatic rings. The monoisotopic (exact) mass is 418 g/mol. The lowest BCUT2D eigenvalue weighted by atomic mass is 10.2. The number of nitrogens with zero attached hydrogens (tertiary/aromatic N) is 1. The first-order valence-electron chi connectivity index (χ1n) is 7.64. The summed E-state index contributed by atoms with van der Waals surface area (Å²) in [5.74, 6) is -0.752. The molecular formula is C17H17Cl2FN2O3S. The Labute approximate surface area is 161 Å². The normalized spacial score (nSPS) is 11.2. The number of benzene rings is 2. The molecule has 0 heterocycles. The van der Waals surface area contributed by atoms with Gasteiger partial charge in [-0.3, -0.25) is 9.10 Å². The number of carbonyl (C=O) groups is 1. The molecule has 0 aromatic heterocycles. The van der Waals surface area contributed by atoms with E-state index in [1.54, 1.807) is 18.2 Å². The van der Waals surface area contributed by atoms with Crippen molar-refractivity contribution < 1.29 is 17.6 Å². The zero-order chi connectivity index (χ0) is 19.3. The summed E-state index contributed by atoms with van der Waals surface area (Å²) in [7, 11) is -3.55. The molecule has 9 heteroatoms. The third-order valence-corrected chi connectivity index (χ3v) is 5.06. The van der Waals surface area contributed by atoms with Gasteiger partial charge in [-0.05, 0) is 48.9 Å². The molecule has 0 unspecified atom stereocenters. The van der Waals surface area contributed by atoms with Crippen LogP contribution in [0.1, 0.15) is 12.8 Å². The van der Waals surface area contributed by atoms with Crippen molar-refractivity contribution in [3.8, 4) is 0 Å². The summed E-state index contributed by atoms with van der Waals surface area (Å²) < 4.78 is 38.1. The van der Waals surface area contributed by atoms with Gasteiger partial charge in [0.05, 0.1) is 11.9 Å². The van der Waals surface area contributed by atoms with Gasteiger partial charge < -0.3 is 5.32 Å². The minimum Gasteiger partial charge on any atom is -0.326 e. The fraction of sp³-hybridized carbons (Fsp3) is 0.235. The highest BCUT2D eigenvalue weighted by Gasteiger charge is 2.17. The summed E-state index contributed by atoms with van der Waals surface area (Å²) in [6, 6.07) is 9.80. The first-order chi connectivity index (χ1) is 12.1. The molecule has 0 aliphatic carbocycles. The van der Waals surface area contributed by atoms with Crippen LogP contribution in [-0.2, 0) is 14.8 Å². The van der Waals surface area contributed by atoms with Crippen LogP contribution in [-0.4, -0.2) is 27.1 Å². The van der Waals surface area contributed by atoms with Crippen molar-refractivity contribution in [1.29, 1.82) is 0 Å². The van der Waals surface area contributed by atoms with E-state index in [4.69, 9.17) is 23.2 Å². The second kappa shape index (κ2) is 8.70. The van der Waals surface area contributed by atoms with Crippen LogP contribution in [0.25, 0.3) is 0 Å². The third kappa shape index (κ3) is 6.16. The van der Waals surface area contributed by atoms with Crippen molar-refractivity contribution >= 4 is 50.5 Å². The summed E-state index contributed by atoms with van der Waals surface area (Å²) in [6.45, 7) is 0.0915. The number of amides is 1. The van der Waals surface area contributed by atoms with Crippen molar-refractivity contribution in [2.75, 3.05) is 22.4 Å². The van der Waals surface area contributed by atoms with Crippen LogP contribution in [0.4, 0.5) is 15.8 Å². The number of halogens is 3. The van der Waals surface area contributed by atoms with Crippen molar-refractivity contribution in [2.45, 2.75) is 12.8 Å². The molecule has 2 rings (SSSR count). The van der Waals surface area contributed by atoms with Crippen LogP contribution in [0.5, 0.6) is 0 Å². The fourth-order valence-corrected chi connectivity index (χ4v) is 3.82. The molecular weight excluding hydrogens is 402 g/mol. The number of hydrogen-bond acceptors (Lipinski definition) is 3. The largest absolute Gasteiger partial charge is 0.326 e. The Morgan fingerprint density at radius 3 is 2.23 bits per heavy atom. The molecule has 0 bridgehead atoms. The summed E-state index contributed by atoms with van der Waals surface area (Å²) >= 11 is 11.7. The van der Waals surface area contributed by atoms with Crippen molar-refractivity contribution in [1.82, 2.24) is 0 Å². The Kier molecular flexibility index (Phi) is 6.86. The van der Waals surface area contributed by atoms with E-state index in [1.165, 1.54) is 24.3 Å². The number of anilines is 2. The number of sulfonamides is 1. The third-order valence-electron chi connectivity index (χ3n) is 3.43. The maximum Gasteiger partial charge on any atom is 0.232 e. The quantitative estimate of drug-likeness (QED) is 0.727. The van der Waals surface area contributed by atoms with Crippen LogP contribution >= 0.6 is 23.2 Å². The Bertz CT molecular complexity index is 869. The van der Waals surface area contributed by atoms with Crippen molar-refractivity contribution in [3.05, 3.63) is 58.3 Å². The molecule has 2 aromatic rings. The number of carbonyl (C=O) groups excluding carboxylic acids is 1. The van der Waals surface area contributed by atoms with E-state index < -0.39 is 15.8 Å². The summed E-state index contributed by atoms with van der Waals surface area (Å²) in [5, 5.41) is 3.45. The van der Waals surface area contributed by atoms with Crippen molar-refractivity contribution in [3.63, 3.8) is 0 Å². The topological polar surface area (TPSA) is 66.5 Å². The molecule has 0 fully saturated rings. The van der Waals surface area contributed by atoms with Gasteiger partial charge >= 0.3 is 0 Å². The second-order valence-corrected chi connectivity index (χ2v) is 8.40. The highest BCUT2D eigenvalue weighted by Crippen LogP contribution is 2.23. The van der Waals surface area contributed by atoms with E-state index in [1.807, 2.05) is 0 Å². The highest BCUT2D eigenvalue weighted by molar-refractivity contribution is 7.92. The van der Waals surface area contributed by atoms with Gasteiger partial charge in [-0.1, -0.05) is 23.2 Å². The lowest BCUT2D eigenvalue weighted by molar-refractivity contribution is -0.116. The highest BCUT2D eigenvalue weighted by atomic mass is 35.5. The molecule has 26 heavy (non-hydrogen) atoms. The van der Waals surface area contributed by atoms with Gasteiger partial charge in [0, 0.05) is 28.7 Å². The molecule has 0 aliphatic heterocycles. The van der Waals surface area contributed by atoms with E-state index in [9.17, 15) is 17.6 Å². The average molecular weight is 419 g/mol. The summed E-state index contributed by atoms with van der Waals surface area (Å²) in [5.41, 5.74) is 0.807. The van der Waals surface area contributed by atoms with Gasteiger partial charge in [-0.2, -0.15) is 0 Å². The maximum absolute atomic E-state index is 13.0. The van der Waals surface area contributed by atoms with Gasteiger partial charge in [-0.15, -0.1) is 0 Å². The van der Waals surface area contributed by atoms with Crippen LogP contribution in [0.2, 0.25) is 10.0 Å². The second-order valence-electron chi connectivity index (χ2n) is 5.62. The van der Waals surface area contributed by atoms with E-state index in [0.29, 0.717) is 21.4 Å². The molecule has 0 radical (unpaired) electrons. The maximum atomic E-state index is 13.0. The first kappa shape index (κ1) is 20.5. The van der Waals surface area contributed by atoms with Crippen LogP contribution in [0, 0.1) is 5.82 Å².